The molecule has 5 nitrogen and oxygen atoms in total. The Kier molecular flexibility index (Phi) is 5.18. The quantitative estimate of drug-likeness (QED) is 0.610. The highest BCUT2D eigenvalue weighted by atomic mass is 16.5. The largest absolute Gasteiger partial charge is 0.508 e. The molecule has 5 heteroatoms. The Balaban J connectivity index is 1.70. The molecule has 2 heterocycles. The second-order valence-corrected chi connectivity index (χ2v) is 9.25. The van der Waals surface area contributed by atoms with Crippen molar-refractivity contribution in [1.82, 2.24) is 0 Å². The first-order valence-electron chi connectivity index (χ1n) is 10.5. The van der Waals surface area contributed by atoms with E-state index in [1.807, 2.05) is 26.0 Å². The van der Waals surface area contributed by atoms with E-state index in [4.69, 9.17) is 9.47 Å². The highest BCUT2D eigenvalue weighted by Crippen LogP contribution is 2.54. The summed E-state index contributed by atoms with van der Waals surface area (Å²) in [6.07, 6.45) is 3.56. The maximum absolute atomic E-state index is 10.4. The van der Waals surface area contributed by atoms with Crippen molar-refractivity contribution in [2.75, 3.05) is 6.61 Å². The Labute approximate surface area is 177 Å². The van der Waals surface area contributed by atoms with Gasteiger partial charge in [-0.1, -0.05) is 17.7 Å². The minimum absolute atomic E-state index is 0.0326. The maximum atomic E-state index is 10.4. The fraction of sp³-hybridized carbons (Fsp3) is 0.440. The number of aromatic hydroxyl groups is 2. The van der Waals surface area contributed by atoms with Crippen LogP contribution in [0.4, 0.5) is 0 Å². The second kappa shape index (κ2) is 7.55. The van der Waals surface area contributed by atoms with Crippen molar-refractivity contribution in [2.24, 2.45) is 0 Å². The van der Waals surface area contributed by atoms with Crippen LogP contribution in [0.15, 0.2) is 35.9 Å². The fourth-order valence-electron chi connectivity index (χ4n) is 4.20. The summed E-state index contributed by atoms with van der Waals surface area (Å²) in [5.74, 6) is 1.82. The molecule has 0 saturated heterocycles. The van der Waals surface area contributed by atoms with Crippen molar-refractivity contribution in [3.63, 3.8) is 0 Å². The average Bonchev–Trinajstić information content (AvgIpc) is 3.03. The van der Waals surface area contributed by atoms with E-state index in [1.54, 1.807) is 26.0 Å². The smallest absolute Gasteiger partial charge is 0.138 e. The third-order valence-corrected chi connectivity index (χ3v) is 5.93. The summed E-state index contributed by atoms with van der Waals surface area (Å²) < 4.78 is 12.4. The number of phenols is 2. The topological polar surface area (TPSA) is 79.2 Å². The number of rotatable bonds is 5. The predicted octanol–water partition coefficient (Wildman–Crippen LogP) is 4.92. The number of fused-ring (bicyclic) bond motifs is 5. The van der Waals surface area contributed by atoms with Crippen molar-refractivity contribution in [1.29, 1.82) is 0 Å². The van der Waals surface area contributed by atoms with Gasteiger partial charge in [0.2, 0.25) is 0 Å². The molecule has 0 amide bonds. The SMILES string of the molecule is CC(C)=CCc1c(O)ccc2c1O[C@H]1c3cc(CCC(C)(C)O)c(O)cc3OC[C@@H]21. The number of allylic oxidation sites excluding steroid dienone is 2. The summed E-state index contributed by atoms with van der Waals surface area (Å²) >= 11 is 0. The first-order valence-corrected chi connectivity index (χ1v) is 10.5. The zero-order valence-electron chi connectivity index (χ0n) is 18.0. The molecule has 0 fully saturated rings. The summed E-state index contributed by atoms with van der Waals surface area (Å²) in [4.78, 5) is 0. The van der Waals surface area contributed by atoms with E-state index in [0.29, 0.717) is 31.6 Å². The lowest BCUT2D eigenvalue weighted by Crippen LogP contribution is -2.23. The van der Waals surface area contributed by atoms with E-state index in [1.165, 1.54) is 5.57 Å². The monoisotopic (exact) mass is 410 g/mol. The summed E-state index contributed by atoms with van der Waals surface area (Å²) in [5.41, 5.74) is 3.89. The van der Waals surface area contributed by atoms with E-state index >= 15 is 0 Å². The van der Waals surface area contributed by atoms with Gasteiger partial charge in [-0.25, -0.2) is 0 Å². The van der Waals surface area contributed by atoms with Crippen molar-refractivity contribution in [3.05, 3.63) is 58.2 Å². The number of benzene rings is 2. The molecule has 2 aliphatic rings. The lowest BCUT2D eigenvalue weighted by Gasteiger charge is -2.29. The number of hydrogen-bond acceptors (Lipinski definition) is 5. The molecule has 2 aromatic carbocycles. The summed E-state index contributed by atoms with van der Waals surface area (Å²) in [6.45, 7) is 8.05. The van der Waals surface area contributed by atoms with Gasteiger partial charge in [0.25, 0.3) is 0 Å². The van der Waals surface area contributed by atoms with Gasteiger partial charge >= 0.3 is 0 Å². The van der Waals surface area contributed by atoms with Crippen molar-refractivity contribution in [2.45, 2.75) is 64.6 Å². The zero-order chi connectivity index (χ0) is 21.6. The van der Waals surface area contributed by atoms with Crippen LogP contribution in [-0.2, 0) is 12.8 Å². The molecule has 2 atom stereocenters. The molecule has 0 aliphatic carbocycles. The van der Waals surface area contributed by atoms with Crippen LogP contribution < -0.4 is 9.47 Å². The Morgan fingerprint density at radius 2 is 1.90 bits per heavy atom. The molecule has 4 rings (SSSR count). The molecule has 160 valence electrons. The molecular formula is C25H30O5. The van der Waals surface area contributed by atoms with Gasteiger partial charge in [0.05, 0.1) is 18.1 Å². The van der Waals surface area contributed by atoms with Crippen LogP contribution in [0.5, 0.6) is 23.0 Å². The molecule has 0 spiro atoms. The molecule has 3 N–H and O–H groups in total. The third kappa shape index (κ3) is 3.86. The van der Waals surface area contributed by atoms with Crippen molar-refractivity contribution < 1.29 is 24.8 Å². The van der Waals surface area contributed by atoms with Crippen molar-refractivity contribution in [3.8, 4) is 23.0 Å². The van der Waals surface area contributed by atoms with E-state index in [2.05, 4.69) is 6.08 Å². The number of ether oxygens (including phenoxy) is 2. The van der Waals surface area contributed by atoms with Gasteiger partial charge in [0, 0.05) is 22.8 Å². The second-order valence-electron chi connectivity index (χ2n) is 9.25. The summed E-state index contributed by atoms with van der Waals surface area (Å²) in [7, 11) is 0. The van der Waals surface area contributed by atoms with Crippen LogP contribution in [0.2, 0.25) is 0 Å². The predicted molar refractivity (Wildman–Crippen MR) is 116 cm³/mol. The van der Waals surface area contributed by atoms with Crippen molar-refractivity contribution >= 4 is 0 Å². The van der Waals surface area contributed by atoms with Crippen LogP contribution in [0, 0.1) is 0 Å². The van der Waals surface area contributed by atoms with Crippen LogP contribution in [-0.4, -0.2) is 27.5 Å². The van der Waals surface area contributed by atoms with Crippen LogP contribution in [0.1, 0.15) is 68.4 Å². The van der Waals surface area contributed by atoms with E-state index < -0.39 is 5.60 Å². The molecule has 0 saturated carbocycles. The number of aliphatic hydroxyl groups is 1. The first-order chi connectivity index (χ1) is 14.1. The Morgan fingerprint density at radius 3 is 2.60 bits per heavy atom. The van der Waals surface area contributed by atoms with Crippen LogP contribution in [0.3, 0.4) is 0 Å². The van der Waals surface area contributed by atoms with E-state index in [9.17, 15) is 15.3 Å². The minimum Gasteiger partial charge on any atom is -0.508 e. The molecular weight excluding hydrogens is 380 g/mol. The molecule has 0 radical (unpaired) electrons. The number of aryl methyl sites for hydroxylation is 1. The summed E-state index contributed by atoms with van der Waals surface area (Å²) in [5, 5.41) is 30.9. The molecule has 0 bridgehead atoms. The normalized spacial score (nSPS) is 19.2. The molecule has 2 aromatic rings. The van der Waals surface area contributed by atoms with Gasteiger partial charge in [0.1, 0.15) is 29.1 Å². The maximum Gasteiger partial charge on any atom is 0.138 e. The lowest BCUT2D eigenvalue weighted by molar-refractivity contribution is 0.0712. The Hall–Kier alpha value is -2.66. The van der Waals surface area contributed by atoms with Gasteiger partial charge in [-0.15, -0.1) is 0 Å². The average molecular weight is 411 g/mol. The Bertz CT molecular complexity index is 996. The molecule has 30 heavy (non-hydrogen) atoms. The van der Waals surface area contributed by atoms with Gasteiger partial charge in [-0.3, -0.25) is 0 Å². The first kappa shape index (κ1) is 20.6. The number of hydrogen-bond donors (Lipinski definition) is 3. The molecule has 2 aliphatic heterocycles. The highest BCUT2D eigenvalue weighted by molar-refractivity contribution is 5.58. The molecule has 0 aromatic heterocycles. The van der Waals surface area contributed by atoms with Gasteiger partial charge < -0.3 is 24.8 Å². The van der Waals surface area contributed by atoms with E-state index in [-0.39, 0.29) is 23.5 Å². The van der Waals surface area contributed by atoms with Gasteiger partial charge in [-0.05, 0) is 64.7 Å². The van der Waals surface area contributed by atoms with Crippen LogP contribution in [0.25, 0.3) is 0 Å². The van der Waals surface area contributed by atoms with Gasteiger partial charge in [-0.2, -0.15) is 0 Å². The van der Waals surface area contributed by atoms with Crippen LogP contribution >= 0.6 is 0 Å². The highest BCUT2D eigenvalue weighted by Gasteiger charge is 2.42. The number of phenolic OH excluding ortho intramolecular Hbond substituents is 2. The standard InChI is InChI=1S/C25H30O5/c1-14(2)5-6-17-20(26)8-7-16-19-13-29-22-12-21(27)15(9-10-25(3,4)28)11-18(22)24(19)30-23(16)17/h5,7-8,11-12,19,24,26-28H,6,9-10,13H2,1-4H3/t19-,24-/m0/s1. The zero-order valence-corrected chi connectivity index (χ0v) is 18.0. The minimum atomic E-state index is -0.807. The summed E-state index contributed by atoms with van der Waals surface area (Å²) in [6, 6.07) is 7.25. The van der Waals surface area contributed by atoms with Gasteiger partial charge in [0.15, 0.2) is 0 Å². The lowest BCUT2D eigenvalue weighted by atomic mass is 9.87. The van der Waals surface area contributed by atoms with E-state index in [0.717, 1.165) is 28.0 Å². The third-order valence-electron chi connectivity index (χ3n) is 5.93. The molecule has 0 unspecified atom stereocenters. The Morgan fingerprint density at radius 1 is 1.13 bits per heavy atom. The fourth-order valence-corrected chi connectivity index (χ4v) is 4.20.